The predicted molar refractivity (Wildman–Crippen MR) is 89.9 cm³/mol. The van der Waals surface area contributed by atoms with Crippen molar-refractivity contribution in [2.75, 3.05) is 13.7 Å². The van der Waals surface area contributed by atoms with Crippen LogP contribution in [-0.4, -0.2) is 42.4 Å². The summed E-state index contributed by atoms with van der Waals surface area (Å²) in [7, 11) is 1.21. The average Bonchev–Trinajstić information content (AvgIpc) is 3.17. The van der Waals surface area contributed by atoms with E-state index in [0.717, 1.165) is 0 Å². The first-order valence-electron chi connectivity index (χ1n) is 7.70. The van der Waals surface area contributed by atoms with Crippen molar-refractivity contribution in [3.63, 3.8) is 0 Å². The van der Waals surface area contributed by atoms with Crippen molar-refractivity contribution in [3.8, 4) is 0 Å². The molecule has 2 heterocycles. The zero-order valence-corrected chi connectivity index (χ0v) is 14.5. The number of rotatable bonds is 5. The van der Waals surface area contributed by atoms with Crippen LogP contribution in [0.1, 0.15) is 25.4 Å². The standard InChI is InChI=1S/C17H18N2O7/c1-4-25-17(23)15(21)18-8-11-6-5-10(26-11)7-12-14(20)13(9(2)19-12)16(22)24-3/h5-7,20H,4,8H2,1-3H3,(H,18,21)/b12-7+. The van der Waals surface area contributed by atoms with E-state index in [1.54, 1.807) is 26.0 Å². The number of aliphatic hydroxyl groups is 1. The van der Waals surface area contributed by atoms with Crippen molar-refractivity contribution < 1.29 is 33.4 Å². The van der Waals surface area contributed by atoms with Gasteiger partial charge in [-0.05, 0) is 26.0 Å². The molecule has 2 N–H and O–H groups in total. The molecule has 0 aliphatic carbocycles. The summed E-state index contributed by atoms with van der Waals surface area (Å²) in [5.74, 6) is -2.11. The fraction of sp³-hybridized carbons (Fsp3) is 0.294. The molecule has 9 nitrogen and oxygen atoms in total. The Morgan fingerprint density at radius 3 is 2.73 bits per heavy atom. The second-order valence-electron chi connectivity index (χ2n) is 5.15. The lowest BCUT2D eigenvalue weighted by Crippen LogP contribution is -2.31. The summed E-state index contributed by atoms with van der Waals surface area (Å²) < 4.78 is 14.7. The largest absolute Gasteiger partial charge is 0.505 e. The van der Waals surface area contributed by atoms with E-state index in [1.165, 1.54) is 13.2 Å². The molecule has 9 heteroatoms. The average molecular weight is 362 g/mol. The van der Waals surface area contributed by atoms with Gasteiger partial charge in [0.2, 0.25) is 0 Å². The maximum Gasteiger partial charge on any atom is 0.396 e. The van der Waals surface area contributed by atoms with Crippen LogP contribution in [0.2, 0.25) is 0 Å². The molecule has 0 fully saturated rings. The molecule has 0 saturated carbocycles. The number of aliphatic imine (C=N–C) groups is 1. The smallest absolute Gasteiger partial charge is 0.396 e. The summed E-state index contributed by atoms with van der Waals surface area (Å²) in [6.07, 6.45) is 1.44. The van der Waals surface area contributed by atoms with E-state index < -0.39 is 17.8 Å². The predicted octanol–water partition coefficient (Wildman–Crippen LogP) is 1.26. The fourth-order valence-corrected chi connectivity index (χ4v) is 2.17. The number of esters is 2. The lowest BCUT2D eigenvalue weighted by Gasteiger charge is -2.02. The van der Waals surface area contributed by atoms with Crippen LogP contribution in [0.15, 0.2) is 38.6 Å². The molecule has 0 aromatic carbocycles. The van der Waals surface area contributed by atoms with Gasteiger partial charge in [-0.25, -0.2) is 14.6 Å². The van der Waals surface area contributed by atoms with E-state index in [2.05, 4.69) is 19.8 Å². The number of carbonyl (C=O) groups excluding carboxylic acids is 3. The van der Waals surface area contributed by atoms with Gasteiger partial charge in [-0.2, -0.15) is 0 Å². The molecule has 1 amide bonds. The number of methoxy groups -OCH3 is 1. The molecule has 1 aromatic rings. The number of nitrogens with zero attached hydrogens (tertiary/aromatic N) is 1. The minimum Gasteiger partial charge on any atom is -0.505 e. The highest BCUT2D eigenvalue weighted by atomic mass is 16.5. The highest BCUT2D eigenvalue weighted by molar-refractivity contribution is 6.32. The number of nitrogens with one attached hydrogen (secondary N) is 1. The van der Waals surface area contributed by atoms with Gasteiger partial charge in [0.25, 0.3) is 0 Å². The zero-order chi connectivity index (χ0) is 19.3. The molecule has 0 atom stereocenters. The van der Waals surface area contributed by atoms with E-state index in [-0.39, 0.29) is 30.2 Å². The Labute approximate surface area is 149 Å². The molecule has 0 spiro atoms. The highest BCUT2D eigenvalue weighted by Crippen LogP contribution is 2.26. The molecular weight excluding hydrogens is 344 g/mol. The van der Waals surface area contributed by atoms with Crippen molar-refractivity contribution in [2.45, 2.75) is 20.4 Å². The molecule has 0 unspecified atom stereocenters. The second-order valence-corrected chi connectivity index (χ2v) is 5.15. The number of aliphatic hydroxyl groups excluding tert-OH is 1. The number of furan rings is 1. The van der Waals surface area contributed by atoms with Gasteiger partial charge in [0, 0.05) is 6.08 Å². The van der Waals surface area contributed by atoms with Gasteiger partial charge in [0.05, 0.1) is 26.0 Å². The number of amides is 1. The third-order valence-corrected chi connectivity index (χ3v) is 3.36. The maximum absolute atomic E-state index is 11.6. The normalized spacial score (nSPS) is 15.0. The Bertz CT molecular complexity index is 830. The van der Waals surface area contributed by atoms with Gasteiger partial charge in [-0.15, -0.1) is 0 Å². The summed E-state index contributed by atoms with van der Waals surface area (Å²) in [5.41, 5.74) is 0.473. The molecule has 0 bridgehead atoms. The minimum atomic E-state index is -0.970. The number of hydrogen-bond acceptors (Lipinski definition) is 8. The first-order valence-corrected chi connectivity index (χ1v) is 7.70. The Balaban J connectivity index is 2.08. The Hall–Kier alpha value is -3.36. The summed E-state index contributed by atoms with van der Waals surface area (Å²) >= 11 is 0. The van der Waals surface area contributed by atoms with Gasteiger partial charge < -0.3 is 24.3 Å². The van der Waals surface area contributed by atoms with Crippen LogP contribution in [0.4, 0.5) is 0 Å². The summed E-state index contributed by atoms with van der Waals surface area (Å²) in [6, 6.07) is 3.18. The van der Waals surface area contributed by atoms with E-state index in [1.807, 2.05) is 0 Å². The van der Waals surface area contributed by atoms with Crippen LogP contribution in [0.5, 0.6) is 0 Å². The van der Waals surface area contributed by atoms with Gasteiger partial charge in [-0.1, -0.05) is 0 Å². The molecule has 138 valence electrons. The third kappa shape index (κ3) is 4.18. The third-order valence-electron chi connectivity index (χ3n) is 3.36. The van der Waals surface area contributed by atoms with Crippen LogP contribution in [0.3, 0.4) is 0 Å². The van der Waals surface area contributed by atoms with Gasteiger partial charge in [-0.3, -0.25) is 4.79 Å². The summed E-state index contributed by atoms with van der Waals surface area (Å²) in [4.78, 5) is 38.4. The van der Waals surface area contributed by atoms with Crippen molar-refractivity contribution in [1.29, 1.82) is 0 Å². The summed E-state index contributed by atoms with van der Waals surface area (Å²) in [5, 5.41) is 12.5. The highest BCUT2D eigenvalue weighted by Gasteiger charge is 2.27. The van der Waals surface area contributed by atoms with Gasteiger partial charge in [0.1, 0.15) is 22.8 Å². The van der Waals surface area contributed by atoms with E-state index in [0.29, 0.717) is 17.2 Å². The molecule has 1 aromatic heterocycles. The van der Waals surface area contributed by atoms with E-state index >= 15 is 0 Å². The molecule has 0 saturated heterocycles. The van der Waals surface area contributed by atoms with E-state index in [4.69, 9.17) is 4.42 Å². The van der Waals surface area contributed by atoms with Crippen LogP contribution < -0.4 is 5.32 Å². The minimum absolute atomic E-state index is 0.00719. The number of ether oxygens (including phenoxy) is 2. The maximum atomic E-state index is 11.6. The quantitative estimate of drug-likeness (QED) is 0.596. The second kappa shape index (κ2) is 8.15. The van der Waals surface area contributed by atoms with Crippen molar-refractivity contribution >= 4 is 29.6 Å². The van der Waals surface area contributed by atoms with Crippen molar-refractivity contribution in [1.82, 2.24) is 5.32 Å². The molecule has 2 rings (SSSR count). The first kappa shape index (κ1) is 19.0. The molecule has 1 aliphatic heterocycles. The molecule has 0 radical (unpaired) electrons. The first-order chi connectivity index (χ1) is 12.4. The zero-order valence-electron chi connectivity index (χ0n) is 14.5. The van der Waals surface area contributed by atoms with Crippen LogP contribution in [-0.2, 0) is 30.4 Å². The van der Waals surface area contributed by atoms with Crippen molar-refractivity contribution in [2.24, 2.45) is 4.99 Å². The van der Waals surface area contributed by atoms with Gasteiger partial charge >= 0.3 is 17.8 Å². The Morgan fingerprint density at radius 2 is 2.08 bits per heavy atom. The van der Waals surface area contributed by atoms with E-state index in [9.17, 15) is 19.5 Å². The molecule has 1 aliphatic rings. The Morgan fingerprint density at radius 1 is 1.35 bits per heavy atom. The fourth-order valence-electron chi connectivity index (χ4n) is 2.17. The SMILES string of the molecule is CCOC(=O)C(=O)NCc1ccc(/C=C2/N=C(C)C(C(=O)OC)=C2O)o1. The van der Waals surface area contributed by atoms with Crippen molar-refractivity contribution in [3.05, 3.63) is 40.7 Å². The van der Waals surface area contributed by atoms with Crippen LogP contribution in [0.25, 0.3) is 6.08 Å². The Kier molecular flexibility index (Phi) is 5.94. The summed E-state index contributed by atoms with van der Waals surface area (Å²) in [6.45, 7) is 3.26. The lowest BCUT2D eigenvalue weighted by molar-refractivity contribution is -0.154. The number of hydrogen-bond donors (Lipinski definition) is 2. The van der Waals surface area contributed by atoms with Gasteiger partial charge in [0.15, 0.2) is 5.76 Å². The molecule has 26 heavy (non-hydrogen) atoms. The topological polar surface area (TPSA) is 127 Å². The van der Waals surface area contributed by atoms with Crippen LogP contribution >= 0.6 is 0 Å². The molecular formula is C17H18N2O7. The lowest BCUT2D eigenvalue weighted by atomic mass is 10.1. The van der Waals surface area contributed by atoms with Crippen LogP contribution in [0, 0.1) is 0 Å². The monoisotopic (exact) mass is 362 g/mol. The number of carbonyl (C=O) groups is 3.